The van der Waals surface area contributed by atoms with Crippen molar-refractivity contribution < 1.29 is 23.5 Å². The maximum atomic E-state index is 12.7. The van der Waals surface area contributed by atoms with Crippen LogP contribution in [0.5, 0.6) is 5.75 Å². The van der Waals surface area contributed by atoms with Crippen LogP contribution in [0.4, 0.5) is 10.5 Å². The Hall–Kier alpha value is -3.49. The number of carbonyl (C=O) groups is 3. The van der Waals surface area contributed by atoms with Crippen molar-refractivity contribution in [2.45, 2.75) is 6.92 Å². The van der Waals surface area contributed by atoms with Gasteiger partial charge >= 0.3 is 0 Å². The molecule has 0 aliphatic carbocycles. The molecular weight excluding hydrogens is 464 g/mol. The number of anilines is 1. The lowest BCUT2D eigenvalue weighted by molar-refractivity contribution is -0.127. The third-order valence-corrected chi connectivity index (χ3v) is 6.06. The number of imide groups is 1. The van der Waals surface area contributed by atoms with Gasteiger partial charge in [0.05, 0.1) is 12.0 Å². The third-order valence-electron chi connectivity index (χ3n) is 4.91. The number of furan rings is 1. The first-order chi connectivity index (χ1) is 15.8. The number of hydrogen-bond acceptors (Lipinski definition) is 6. The summed E-state index contributed by atoms with van der Waals surface area (Å²) in [6, 6.07) is 15.7. The molecule has 1 aliphatic heterocycles. The van der Waals surface area contributed by atoms with Crippen molar-refractivity contribution in [3.8, 4) is 17.1 Å². The molecule has 2 aromatic carbocycles. The normalized spacial score (nSPS) is 14.8. The summed E-state index contributed by atoms with van der Waals surface area (Å²) in [4.78, 5) is 38.5. The fourth-order valence-electron chi connectivity index (χ4n) is 3.22. The quantitative estimate of drug-likeness (QED) is 0.460. The highest BCUT2D eigenvalue weighted by Gasteiger charge is 2.36. The monoisotopic (exact) mass is 482 g/mol. The molecule has 3 amide bonds. The van der Waals surface area contributed by atoms with E-state index in [2.05, 4.69) is 5.32 Å². The van der Waals surface area contributed by atoms with Gasteiger partial charge in [-0.2, -0.15) is 0 Å². The zero-order valence-corrected chi connectivity index (χ0v) is 19.3. The Bertz CT molecular complexity index is 1270. The first-order valence-corrected chi connectivity index (χ1v) is 11.1. The van der Waals surface area contributed by atoms with E-state index in [1.807, 2.05) is 13.0 Å². The summed E-state index contributed by atoms with van der Waals surface area (Å²) >= 11 is 6.85. The Morgan fingerprint density at radius 3 is 2.64 bits per heavy atom. The Morgan fingerprint density at radius 1 is 1.15 bits per heavy atom. The van der Waals surface area contributed by atoms with E-state index in [0.29, 0.717) is 28.0 Å². The average Bonchev–Trinajstić information content (AvgIpc) is 3.36. The molecule has 0 saturated carbocycles. The number of nitrogens with one attached hydrogen (secondary N) is 1. The largest absolute Gasteiger partial charge is 0.497 e. The predicted molar refractivity (Wildman–Crippen MR) is 128 cm³/mol. The zero-order chi connectivity index (χ0) is 23.5. The van der Waals surface area contributed by atoms with Crippen molar-refractivity contribution in [3.05, 3.63) is 75.8 Å². The predicted octanol–water partition coefficient (Wildman–Crippen LogP) is 5.59. The number of rotatable bonds is 6. The van der Waals surface area contributed by atoms with E-state index >= 15 is 0 Å². The molecular formula is C24H19ClN2O5S. The van der Waals surface area contributed by atoms with Crippen LogP contribution in [0.25, 0.3) is 17.4 Å². The average molecular weight is 483 g/mol. The summed E-state index contributed by atoms with van der Waals surface area (Å²) in [7, 11) is 1.54. The van der Waals surface area contributed by atoms with E-state index in [1.54, 1.807) is 55.6 Å². The van der Waals surface area contributed by atoms with E-state index in [1.165, 1.54) is 6.08 Å². The van der Waals surface area contributed by atoms with Gasteiger partial charge in [-0.05, 0) is 72.8 Å². The summed E-state index contributed by atoms with van der Waals surface area (Å²) < 4.78 is 10.9. The van der Waals surface area contributed by atoms with E-state index in [4.69, 9.17) is 20.8 Å². The molecule has 7 nitrogen and oxygen atoms in total. The lowest BCUT2D eigenvalue weighted by atomic mass is 10.1. The van der Waals surface area contributed by atoms with Crippen LogP contribution in [0.2, 0.25) is 5.02 Å². The molecule has 0 spiro atoms. The number of benzene rings is 2. The van der Waals surface area contributed by atoms with Gasteiger partial charge in [-0.25, -0.2) is 0 Å². The second-order valence-corrected chi connectivity index (χ2v) is 8.64. The Labute approximate surface area is 199 Å². The van der Waals surface area contributed by atoms with Crippen LogP contribution in [0.1, 0.15) is 11.3 Å². The van der Waals surface area contributed by atoms with E-state index < -0.39 is 17.1 Å². The van der Waals surface area contributed by atoms with Crippen molar-refractivity contribution >= 4 is 52.2 Å². The van der Waals surface area contributed by atoms with E-state index in [0.717, 1.165) is 27.8 Å². The highest BCUT2D eigenvalue weighted by atomic mass is 35.5. The van der Waals surface area contributed by atoms with Gasteiger partial charge in [-0.1, -0.05) is 17.7 Å². The second kappa shape index (κ2) is 9.56. The van der Waals surface area contributed by atoms with Crippen molar-refractivity contribution in [1.29, 1.82) is 0 Å². The molecule has 33 heavy (non-hydrogen) atoms. The molecule has 1 aliphatic rings. The SMILES string of the molecule is COc1ccc(NC(=O)CN2C(=O)S/C(=C/c3ccc(-c4cc(Cl)ccc4C)o3)C2=O)cc1. The number of aryl methyl sites for hydroxylation is 1. The lowest BCUT2D eigenvalue weighted by Crippen LogP contribution is -2.36. The number of hydrogen-bond donors (Lipinski definition) is 1. The number of halogens is 1. The molecule has 0 atom stereocenters. The number of ether oxygens (including phenoxy) is 1. The minimum Gasteiger partial charge on any atom is -0.497 e. The van der Waals surface area contributed by atoms with Crippen LogP contribution in [-0.4, -0.2) is 35.6 Å². The molecule has 0 unspecified atom stereocenters. The van der Waals surface area contributed by atoms with Gasteiger partial charge in [0.1, 0.15) is 23.8 Å². The molecule has 9 heteroatoms. The Balaban J connectivity index is 1.45. The summed E-state index contributed by atoms with van der Waals surface area (Å²) in [6.45, 7) is 1.55. The molecule has 168 valence electrons. The Kier molecular flexibility index (Phi) is 6.57. The molecule has 1 aromatic heterocycles. The number of thioether (sulfide) groups is 1. The van der Waals surface area contributed by atoms with Crippen LogP contribution in [0, 0.1) is 6.92 Å². The van der Waals surface area contributed by atoms with Gasteiger partial charge in [0.2, 0.25) is 5.91 Å². The summed E-state index contributed by atoms with van der Waals surface area (Å²) in [5, 5.41) is 2.72. The van der Waals surface area contributed by atoms with Crippen molar-refractivity contribution in [1.82, 2.24) is 4.90 Å². The molecule has 3 aromatic rings. The minimum absolute atomic E-state index is 0.181. The van der Waals surface area contributed by atoms with Gasteiger partial charge in [0, 0.05) is 22.3 Å². The minimum atomic E-state index is -0.549. The van der Waals surface area contributed by atoms with Crippen LogP contribution < -0.4 is 10.1 Å². The second-order valence-electron chi connectivity index (χ2n) is 7.21. The lowest BCUT2D eigenvalue weighted by Gasteiger charge is -2.12. The van der Waals surface area contributed by atoms with Crippen LogP contribution in [0.3, 0.4) is 0 Å². The number of carbonyl (C=O) groups excluding carboxylic acids is 3. The molecule has 1 N–H and O–H groups in total. The van der Waals surface area contributed by atoms with Gasteiger partial charge in [0.15, 0.2) is 0 Å². The fourth-order valence-corrected chi connectivity index (χ4v) is 4.21. The van der Waals surface area contributed by atoms with Gasteiger partial charge in [-0.3, -0.25) is 19.3 Å². The maximum Gasteiger partial charge on any atom is 0.294 e. The van der Waals surface area contributed by atoms with Crippen molar-refractivity contribution in [2.75, 3.05) is 19.0 Å². The van der Waals surface area contributed by atoms with Gasteiger partial charge < -0.3 is 14.5 Å². The topological polar surface area (TPSA) is 88.8 Å². The number of nitrogens with zero attached hydrogens (tertiary/aromatic N) is 1. The van der Waals surface area contributed by atoms with Gasteiger partial charge in [0.25, 0.3) is 11.1 Å². The molecule has 0 bridgehead atoms. The third kappa shape index (κ3) is 5.13. The van der Waals surface area contributed by atoms with Crippen LogP contribution >= 0.6 is 23.4 Å². The first kappa shape index (κ1) is 22.7. The van der Waals surface area contributed by atoms with Crippen LogP contribution in [0.15, 0.2) is 63.9 Å². The highest BCUT2D eigenvalue weighted by Crippen LogP contribution is 2.34. The summed E-state index contributed by atoms with van der Waals surface area (Å²) in [5.41, 5.74) is 2.36. The highest BCUT2D eigenvalue weighted by molar-refractivity contribution is 8.18. The Morgan fingerprint density at radius 2 is 1.91 bits per heavy atom. The van der Waals surface area contributed by atoms with Crippen molar-refractivity contribution in [2.24, 2.45) is 0 Å². The summed E-state index contributed by atoms with van der Waals surface area (Å²) in [6.07, 6.45) is 1.50. The maximum absolute atomic E-state index is 12.7. The van der Waals surface area contributed by atoms with Gasteiger partial charge in [-0.15, -0.1) is 0 Å². The molecule has 2 heterocycles. The van der Waals surface area contributed by atoms with E-state index in [9.17, 15) is 14.4 Å². The summed E-state index contributed by atoms with van der Waals surface area (Å²) in [5.74, 6) is 0.625. The number of amides is 3. The first-order valence-electron chi connectivity index (χ1n) is 9.89. The zero-order valence-electron chi connectivity index (χ0n) is 17.8. The molecule has 4 rings (SSSR count). The van der Waals surface area contributed by atoms with E-state index in [-0.39, 0.29) is 11.4 Å². The molecule has 1 fully saturated rings. The van der Waals surface area contributed by atoms with Crippen LogP contribution in [-0.2, 0) is 9.59 Å². The molecule has 1 saturated heterocycles. The van der Waals surface area contributed by atoms with Crippen molar-refractivity contribution in [3.63, 3.8) is 0 Å². The standard InChI is InChI=1S/C24H19ClN2O5S/c1-14-3-4-15(25)11-19(14)20-10-9-18(32-20)12-21-23(29)27(24(30)33-21)13-22(28)26-16-5-7-17(31-2)8-6-16/h3-12H,13H2,1-2H3,(H,26,28)/b21-12+. The fraction of sp³-hybridized carbons (Fsp3) is 0.125. The molecule has 0 radical (unpaired) electrons. The number of methoxy groups -OCH3 is 1. The smallest absolute Gasteiger partial charge is 0.294 e.